The van der Waals surface area contributed by atoms with Gasteiger partial charge in [0.25, 0.3) is 5.24 Å². The van der Waals surface area contributed by atoms with Crippen LogP contribution in [0.4, 0.5) is 17.6 Å². The van der Waals surface area contributed by atoms with E-state index in [1.54, 1.807) is 0 Å². The molecule has 0 bridgehead atoms. The highest BCUT2D eigenvalue weighted by Gasteiger charge is 2.30. The normalized spacial score (nSPS) is 10.8. The van der Waals surface area contributed by atoms with Crippen LogP contribution in [-0.2, 0) is 0 Å². The maximum absolute atomic E-state index is 14.0. The van der Waals surface area contributed by atoms with E-state index < -0.39 is 39.6 Å². The molecule has 0 aromatic heterocycles. The summed E-state index contributed by atoms with van der Waals surface area (Å²) >= 11 is 16.4. The molecule has 0 amide bonds. The predicted octanol–water partition coefficient (Wildman–Crippen LogP) is 5.60. The van der Waals surface area contributed by atoms with E-state index in [4.69, 9.17) is 34.8 Å². The molecule has 0 aliphatic rings. The fraction of sp³-hybridized carbons (Fsp3) is 0. The molecule has 0 aliphatic carbocycles. The van der Waals surface area contributed by atoms with Gasteiger partial charge in [-0.15, -0.1) is 0 Å². The Kier molecular flexibility index (Phi) is 4.46. The molecule has 0 radical (unpaired) electrons. The molecule has 2 aromatic rings. The monoisotopic (exact) mass is 356 g/mol. The molecule has 0 saturated carbocycles. The predicted molar refractivity (Wildman–Crippen MR) is 71.9 cm³/mol. The molecular formula is C13H3Cl3F4O. The molecule has 0 saturated heterocycles. The van der Waals surface area contributed by atoms with E-state index >= 15 is 0 Å². The van der Waals surface area contributed by atoms with Crippen LogP contribution in [0.3, 0.4) is 0 Å². The second-order valence-corrected chi connectivity index (χ2v) is 5.01. The zero-order valence-corrected chi connectivity index (χ0v) is 12.1. The summed E-state index contributed by atoms with van der Waals surface area (Å²) in [5.41, 5.74) is -2.93. The van der Waals surface area contributed by atoms with Crippen molar-refractivity contribution in [1.82, 2.24) is 0 Å². The summed E-state index contributed by atoms with van der Waals surface area (Å²) in [7, 11) is 0. The third-order valence-corrected chi connectivity index (χ3v) is 3.69. The minimum absolute atomic E-state index is 0.0636. The molecule has 0 heterocycles. The van der Waals surface area contributed by atoms with Gasteiger partial charge in [0, 0.05) is 5.56 Å². The van der Waals surface area contributed by atoms with Crippen molar-refractivity contribution in [2.75, 3.05) is 0 Å². The standard InChI is InChI=1S/C13H3Cl3F4O/c14-5-3-1-2-4(8(5)15)6-9(17)11(19)7(13(16)21)12(20)10(6)18/h1-3H. The highest BCUT2D eigenvalue weighted by Crippen LogP contribution is 2.38. The number of hydrogen-bond acceptors (Lipinski definition) is 1. The summed E-state index contributed by atoms with van der Waals surface area (Å²) in [6, 6.07) is 3.74. The Labute approximate surface area is 131 Å². The average Bonchev–Trinajstić information content (AvgIpc) is 2.41. The Morgan fingerprint density at radius 2 is 1.43 bits per heavy atom. The van der Waals surface area contributed by atoms with E-state index in [-0.39, 0.29) is 15.6 Å². The van der Waals surface area contributed by atoms with Gasteiger partial charge in [-0.2, -0.15) is 0 Å². The van der Waals surface area contributed by atoms with Crippen LogP contribution in [0.1, 0.15) is 10.4 Å². The van der Waals surface area contributed by atoms with Crippen LogP contribution in [0.2, 0.25) is 10.0 Å². The van der Waals surface area contributed by atoms with Crippen LogP contribution in [0.25, 0.3) is 11.1 Å². The highest BCUT2D eigenvalue weighted by atomic mass is 35.5. The minimum atomic E-state index is -1.90. The number of hydrogen-bond donors (Lipinski definition) is 0. The van der Waals surface area contributed by atoms with Crippen LogP contribution < -0.4 is 0 Å². The number of rotatable bonds is 2. The van der Waals surface area contributed by atoms with Gasteiger partial charge in [0.2, 0.25) is 0 Å². The zero-order chi connectivity index (χ0) is 15.9. The molecule has 2 rings (SSSR count). The van der Waals surface area contributed by atoms with E-state index in [2.05, 4.69) is 0 Å². The van der Waals surface area contributed by atoms with Crippen molar-refractivity contribution in [3.63, 3.8) is 0 Å². The van der Waals surface area contributed by atoms with E-state index in [1.165, 1.54) is 12.1 Å². The summed E-state index contributed by atoms with van der Waals surface area (Å²) in [4.78, 5) is 10.9. The molecule has 0 fully saturated rings. The van der Waals surface area contributed by atoms with Crippen molar-refractivity contribution in [2.24, 2.45) is 0 Å². The van der Waals surface area contributed by atoms with E-state index in [0.29, 0.717) is 0 Å². The highest BCUT2D eigenvalue weighted by molar-refractivity contribution is 6.67. The summed E-state index contributed by atoms with van der Waals surface area (Å²) in [5.74, 6) is -7.39. The summed E-state index contributed by atoms with van der Waals surface area (Å²) < 4.78 is 55.4. The van der Waals surface area contributed by atoms with Crippen molar-refractivity contribution in [3.8, 4) is 11.1 Å². The fourth-order valence-corrected chi connectivity index (χ4v) is 2.30. The van der Waals surface area contributed by atoms with Gasteiger partial charge in [0.15, 0.2) is 23.3 Å². The first-order valence-corrected chi connectivity index (χ1v) is 6.40. The molecule has 0 N–H and O–H groups in total. The first-order valence-electron chi connectivity index (χ1n) is 5.27. The van der Waals surface area contributed by atoms with Gasteiger partial charge < -0.3 is 0 Å². The van der Waals surface area contributed by atoms with Crippen LogP contribution in [0.15, 0.2) is 18.2 Å². The largest absolute Gasteiger partial charge is 0.275 e. The van der Waals surface area contributed by atoms with E-state index in [1.807, 2.05) is 0 Å². The Morgan fingerprint density at radius 1 is 0.905 bits per heavy atom. The molecule has 21 heavy (non-hydrogen) atoms. The summed E-state index contributed by atoms with van der Waals surface area (Å²) in [6.45, 7) is 0. The molecule has 1 nitrogen and oxygen atoms in total. The van der Waals surface area contributed by atoms with Crippen LogP contribution in [0, 0.1) is 23.3 Å². The number of carbonyl (C=O) groups excluding carboxylic acids is 1. The average molecular weight is 358 g/mol. The number of halogens is 7. The smallest absolute Gasteiger partial charge is 0.258 e. The molecule has 0 atom stereocenters. The lowest BCUT2D eigenvalue weighted by Gasteiger charge is -2.12. The molecule has 8 heteroatoms. The molecule has 0 unspecified atom stereocenters. The van der Waals surface area contributed by atoms with E-state index in [0.717, 1.165) is 6.07 Å². The Balaban J connectivity index is 2.89. The number of benzene rings is 2. The van der Waals surface area contributed by atoms with Gasteiger partial charge in [-0.25, -0.2) is 17.6 Å². The van der Waals surface area contributed by atoms with Gasteiger partial charge in [0.1, 0.15) is 5.56 Å². The molecule has 110 valence electrons. The Hall–Kier alpha value is -1.30. The maximum Gasteiger partial charge on any atom is 0.258 e. The lowest BCUT2D eigenvalue weighted by molar-refractivity contribution is 0.107. The van der Waals surface area contributed by atoms with Crippen molar-refractivity contribution < 1.29 is 22.4 Å². The topological polar surface area (TPSA) is 17.1 Å². The lowest BCUT2D eigenvalue weighted by Crippen LogP contribution is -2.08. The third kappa shape index (κ3) is 2.61. The van der Waals surface area contributed by atoms with Gasteiger partial charge in [-0.1, -0.05) is 35.3 Å². The maximum atomic E-state index is 14.0. The van der Waals surface area contributed by atoms with Crippen molar-refractivity contribution >= 4 is 40.0 Å². The Morgan fingerprint density at radius 3 is 1.90 bits per heavy atom. The molecular weight excluding hydrogens is 354 g/mol. The first-order chi connectivity index (χ1) is 9.77. The quantitative estimate of drug-likeness (QED) is 0.389. The fourth-order valence-electron chi connectivity index (χ4n) is 1.74. The van der Waals surface area contributed by atoms with Gasteiger partial charge in [0.05, 0.1) is 15.6 Å². The van der Waals surface area contributed by atoms with Gasteiger partial charge in [-0.05, 0) is 17.7 Å². The van der Waals surface area contributed by atoms with Crippen LogP contribution in [0.5, 0.6) is 0 Å². The second-order valence-electron chi connectivity index (χ2n) is 3.88. The third-order valence-electron chi connectivity index (χ3n) is 2.68. The van der Waals surface area contributed by atoms with Crippen molar-refractivity contribution in [3.05, 3.63) is 57.1 Å². The van der Waals surface area contributed by atoms with Crippen LogP contribution >= 0.6 is 34.8 Å². The minimum Gasteiger partial charge on any atom is -0.275 e. The summed E-state index contributed by atoms with van der Waals surface area (Å²) in [6.07, 6.45) is 0. The Bertz CT molecular complexity index is 733. The molecule has 0 spiro atoms. The van der Waals surface area contributed by atoms with Crippen LogP contribution in [-0.4, -0.2) is 5.24 Å². The van der Waals surface area contributed by atoms with Crippen molar-refractivity contribution in [1.29, 1.82) is 0 Å². The lowest BCUT2D eigenvalue weighted by atomic mass is 10.0. The SMILES string of the molecule is O=C(Cl)c1c(F)c(F)c(-c2cccc(Cl)c2Cl)c(F)c1F. The second kappa shape index (κ2) is 5.83. The number of carbonyl (C=O) groups is 1. The first kappa shape index (κ1) is 16.1. The molecule has 2 aromatic carbocycles. The van der Waals surface area contributed by atoms with Crippen molar-refractivity contribution in [2.45, 2.75) is 0 Å². The summed E-state index contributed by atoms with van der Waals surface area (Å²) in [5, 5.41) is -2.02. The zero-order valence-electron chi connectivity index (χ0n) is 9.79. The molecule has 0 aliphatic heterocycles. The van der Waals surface area contributed by atoms with E-state index in [9.17, 15) is 22.4 Å². The van der Waals surface area contributed by atoms with Gasteiger partial charge >= 0.3 is 0 Å². The van der Waals surface area contributed by atoms with Gasteiger partial charge in [-0.3, -0.25) is 4.79 Å².